The summed E-state index contributed by atoms with van der Waals surface area (Å²) in [6.45, 7) is -0.00110. The summed E-state index contributed by atoms with van der Waals surface area (Å²) in [5.41, 5.74) is 1.29. The standard InChI is InChI=1S/C14H13F3N8O/c1-7(12(26)20-4-14(15,16)17)24-13-23-6-22-11(25-13)9-3-19-10-8(9)2-18-5-21-10/h2-3,5-7H,4H2,1H3,(H,20,26)(H,18,19,21)(H,22,23,24,25)/p+1/t7-/m0/s1. The normalized spacial score (nSPS) is 12.8. The zero-order valence-corrected chi connectivity index (χ0v) is 13.4. The molecule has 0 unspecified atom stereocenters. The van der Waals surface area contributed by atoms with E-state index in [1.54, 1.807) is 17.7 Å². The molecule has 0 saturated heterocycles. The van der Waals surface area contributed by atoms with Crippen LogP contribution in [0.15, 0.2) is 25.0 Å². The van der Waals surface area contributed by atoms with Crippen LogP contribution in [0.1, 0.15) is 6.92 Å². The zero-order valence-electron chi connectivity index (χ0n) is 13.4. The van der Waals surface area contributed by atoms with E-state index in [4.69, 9.17) is 0 Å². The first-order valence-corrected chi connectivity index (χ1v) is 7.47. The number of H-pyrrole nitrogens is 2. The van der Waals surface area contributed by atoms with Crippen molar-refractivity contribution in [1.29, 1.82) is 0 Å². The largest absolute Gasteiger partial charge is 0.405 e. The third-order valence-electron chi connectivity index (χ3n) is 3.41. The fourth-order valence-electron chi connectivity index (χ4n) is 2.18. The summed E-state index contributed by atoms with van der Waals surface area (Å²) in [5, 5.41) is 5.20. The second-order valence-electron chi connectivity index (χ2n) is 5.37. The first-order chi connectivity index (χ1) is 12.3. The Labute approximate surface area is 144 Å². The highest BCUT2D eigenvalue weighted by Gasteiger charge is 2.28. The average molecular weight is 367 g/mol. The molecule has 3 aromatic heterocycles. The Morgan fingerprint density at radius 3 is 2.92 bits per heavy atom. The Morgan fingerprint density at radius 1 is 1.35 bits per heavy atom. The number of fused-ring (bicyclic) bond motifs is 1. The molecule has 0 aliphatic carbocycles. The van der Waals surface area contributed by atoms with Gasteiger partial charge in [0.05, 0.1) is 10.9 Å². The number of hydrogen-bond acceptors (Lipinski definition) is 6. The Morgan fingerprint density at radius 2 is 2.15 bits per heavy atom. The van der Waals surface area contributed by atoms with E-state index in [1.165, 1.54) is 19.6 Å². The van der Waals surface area contributed by atoms with Crippen molar-refractivity contribution < 1.29 is 22.9 Å². The molecule has 12 heteroatoms. The average Bonchev–Trinajstić information content (AvgIpc) is 3.03. The van der Waals surface area contributed by atoms with Crippen molar-refractivity contribution in [1.82, 2.24) is 30.2 Å². The smallest absolute Gasteiger partial charge is 0.345 e. The molecule has 0 radical (unpaired) electrons. The first kappa shape index (κ1) is 17.5. The summed E-state index contributed by atoms with van der Waals surface area (Å²) >= 11 is 0. The number of nitrogens with zero attached hydrogens (tertiary/aromatic N) is 4. The molecular weight excluding hydrogens is 353 g/mol. The van der Waals surface area contributed by atoms with Crippen LogP contribution in [0.4, 0.5) is 19.1 Å². The third kappa shape index (κ3) is 4.02. The fourth-order valence-corrected chi connectivity index (χ4v) is 2.18. The van der Waals surface area contributed by atoms with Crippen molar-refractivity contribution in [2.75, 3.05) is 11.9 Å². The van der Waals surface area contributed by atoms with E-state index in [-0.39, 0.29) is 5.95 Å². The number of rotatable bonds is 5. The molecule has 0 aromatic carbocycles. The molecule has 3 aromatic rings. The number of carbonyl (C=O) groups excluding carboxylic acids is 1. The van der Waals surface area contributed by atoms with Gasteiger partial charge in [0.2, 0.25) is 11.9 Å². The maximum absolute atomic E-state index is 12.2. The van der Waals surface area contributed by atoms with E-state index >= 15 is 0 Å². The van der Waals surface area contributed by atoms with Crippen LogP contribution in [0.2, 0.25) is 0 Å². The minimum absolute atomic E-state index is 0.0619. The number of aromatic nitrogens is 6. The molecule has 3 heterocycles. The van der Waals surface area contributed by atoms with Crippen molar-refractivity contribution in [2.45, 2.75) is 19.1 Å². The van der Waals surface area contributed by atoms with E-state index < -0.39 is 24.7 Å². The Kier molecular flexibility index (Phi) is 4.65. The van der Waals surface area contributed by atoms with E-state index in [1.807, 2.05) is 0 Å². The fraction of sp³-hybridized carbons (Fsp3) is 0.286. The number of hydrogen-bond donors (Lipinski definition) is 3. The molecule has 136 valence electrons. The SMILES string of the molecule is C[C@H](Nc1ncnc(-c2c[nH]c3nc[nH+]cc23)n1)C(=O)NCC(F)(F)F. The van der Waals surface area contributed by atoms with E-state index in [2.05, 4.69) is 35.2 Å². The van der Waals surface area contributed by atoms with Gasteiger partial charge < -0.3 is 15.6 Å². The van der Waals surface area contributed by atoms with Crippen molar-refractivity contribution in [3.8, 4) is 11.4 Å². The van der Waals surface area contributed by atoms with Crippen LogP contribution >= 0.6 is 0 Å². The first-order valence-electron chi connectivity index (χ1n) is 7.47. The molecule has 0 saturated carbocycles. The minimum Gasteiger partial charge on any atom is -0.345 e. The molecular formula is C14H14F3N8O+. The highest BCUT2D eigenvalue weighted by molar-refractivity contribution is 5.90. The quantitative estimate of drug-likeness (QED) is 0.610. The van der Waals surface area contributed by atoms with Gasteiger partial charge >= 0.3 is 6.18 Å². The number of anilines is 1. The lowest BCUT2D eigenvalue weighted by molar-refractivity contribution is -0.380. The maximum atomic E-state index is 12.2. The van der Waals surface area contributed by atoms with Gasteiger partial charge in [0.15, 0.2) is 5.82 Å². The van der Waals surface area contributed by atoms with Crippen molar-refractivity contribution in [3.63, 3.8) is 0 Å². The summed E-state index contributed by atoms with van der Waals surface area (Å²) in [5.74, 6) is -0.444. The zero-order chi connectivity index (χ0) is 18.7. The van der Waals surface area contributed by atoms with Gasteiger partial charge in [-0.15, -0.1) is 0 Å². The number of carbonyl (C=O) groups is 1. The van der Waals surface area contributed by atoms with Crippen LogP contribution in [0.3, 0.4) is 0 Å². The monoisotopic (exact) mass is 367 g/mol. The Balaban J connectivity index is 1.74. The Hall–Kier alpha value is -3.31. The van der Waals surface area contributed by atoms with Gasteiger partial charge in [-0.25, -0.2) is 15.0 Å². The van der Waals surface area contributed by atoms with Gasteiger partial charge in [0, 0.05) is 6.20 Å². The second-order valence-corrected chi connectivity index (χ2v) is 5.37. The number of halogens is 3. The number of amides is 1. The van der Waals surface area contributed by atoms with E-state index in [0.717, 1.165) is 5.39 Å². The summed E-state index contributed by atoms with van der Waals surface area (Å²) in [4.78, 5) is 33.8. The summed E-state index contributed by atoms with van der Waals surface area (Å²) in [7, 11) is 0. The molecule has 26 heavy (non-hydrogen) atoms. The molecule has 0 spiro atoms. The van der Waals surface area contributed by atoms with Crippen LogP contribution in [0, 0.1) is 0 Å². The lowest BCUT2D eigenvalue weighted by Gasteiger charge is -2.15. The molecule has 4 N–H and O–H groups in total. The van der Waals surface area contributed by atoms with Gasteiger partial charge in [-0.2, -0.15) is 18.2 Å². The minimum atomic E-state index is -4.48. The predicted octanol–water partition coefficient (Wildman–Crippen LogP) is 0.708. The van der Waals surface area contributed by atoms with Crippen LogP contribution in [0.25, 0.3) is 22.4 Å². The molecule has 9 nitrogen and oxygen atoms in total. The van der Waals surface area contributed by atoms with Gasteiger partial charge in [0.1, 0.15) is 25.1 Å². The lowest BCUT2D eigenvalue weighted by atomic mass is 10.2. The van der Waals surface area contributed by atoms with E-state index in [9.17, 15) is 18.0 Å². The van der Waals surface area contributed by atoms with Gasteiger partial charge in [-0.1, -0.05) is 0 Å². The molecule has 0 aliphatic heterocycles. The molecule has 3 rings (SSSR count). The number of aromatic amines is 2. The topological polar surface area (TPSA) is 123 Å². The van der Waals surface area contributed by atoms with Crippen molar-refractivity contribution in [3.05, 3.63) is 25.0 Å². The van der Waals surface area contributed by atoms with Gasteiger partial charge in [-0.05, 0) is 11.9 Å². The number of nitrogens with one attached hydrogen (secondary N) is 4. The van der Waals surface area contributed by atoms with Crippen LogP contribution in [0.5, 0.6) is 0 Å². The molecule has 0 fully saturated rings. The third-order valence-corrected chi connectivity index (χ3v) is 3.41. The number of alkyl halides is 3. The summed E-state index contributed by atoms with van der Waals surface area (Å²) in [6, 6.07) is -0.967. The summed E-state index contributed by atoms with van der Waals surface area (Å²) in [6.07, 6.45) is 1.67. The Bertz CT molecular complexity index is 926. The van der Waals surface area contributed by atoms with Crippen LogP contribution < -0.4 is 15.6 Å². The predicted molar refractivity (Wildman–Crippen MR) is 83.6 cm³/mol. The van der Waals surface area contributed by atoms with Crippen molar-refractivity contribution in [2.24, 2.45) is 0 Å². The highest BCUT2D eigenvalue weighted by atomic mass is 19.4. The molecule has 0 bridgehead atoms. The second kappa shape index (κ2) is 6.90. The van der Waals surface area contributed by atoms with Gasteiger partial charge in [-0.3, -0.25) is 4.79 Å². The summed E-state index contributed by atoms with van der Waals surface area (Å²) < 4.78 is 36.5. The van der Waals surface area contributed by atoms with Crippen molar-refractivity contribution >= 4 is 22.9 Å². The van der Waals surface area contributed by atoms with Crippen LogP contribution in [-0.4, -0.2) is 49.6 Å². The maximum Gasteiger partial charge on any atom is 0.405 e. The molecule has 0 aliphatic rings. The van der Waals surface area contributed by atoms with Crippen LogP contribution in [-0.2, 0) is 4.79 Å². The van der Waals surface area contributed by atoms with E-state index in [0.29, 0.717) is 17.0 Å². The van der Waals surface area contributed by atoms with Gasteiger partial charge in [0.25, 0.3) is 12.0 Å². The molecule has 1 atom stereocenters. The highest BCUT2D eigenvalue weighted by Crippen LogP contribution is 2.23. The lowest BCUT2D eigenvalue weighted by Crippen LogP contribution is -2.42. The molecule has 1 amide bonds.